The Morgan fingerprint density at radius 1 is 1.17 bits per heavy atom. The van der Waals surface area contributed by atoms with Crippen LogP contribution in [0.25, 0.3) is 0 Å². The molecule has 0 aromatic heterocycles. The molecule has 2 heteroatoms. The number of hydrogen-bond donors (Lipinski definition) is 0. The Bertz CT molecular complexity index is 198. The summed E-state index contributed by atoms with van der Waals surface area (Å²) in [6.07, 6.45) is 4.43. The molecule has 0 heterocycles. The fourth-order valence-corrected chi connectivity index (χ4v) is 2.37. The highest BCUT2D eigenvalue weighted by Crippen LogP contribution is 2.51. The van der Waals surface area contributed by atoms with E-state index in [4.69, 9.17) is 11.6 Å². The Morgan fingerprint density at radius 2 is 1.67 bits per heavy atom. The van der Waals surface area contributed by atoms with Crippen molar-refractivity contribution in [1.29, 1.82) is 0 Å². The molecular weight excluding hydrogens is 172 g/mol. The summed E-state index contributed by atoms with van der Waals surface area (Å²) in [4.78, 5) is 11.3. The molecule has 0 spiro atoms. The SMILES string of the molecule is CC1(C)CCCCC1(C)C(=O)Cl. The predicted octanol–water partition coefficient (Wildman–Crippen LogP) is 3.36. The van der Waals surface area contributed by atoms with Crippen LogP contribution in [0.15, 0.2) is 0 Å². The van der Waals surface area contributed by atoms with Crippen LogP contribution in [-0.4, -0.2) is 5.24 Å². The quantitative estimate of drug-likeness (QED) is 0.577. The van der Waals surface area contributed by atoms with Crippen LogP contribution in [0, 0.1) is 10.8 Å². The lowest BCUT2D eigenvalue weighted by Crippen LogP contribution is -2.42. The number of carbonyl (C=O) groups is 1. The summed E-state index contributed by atoms with van der Waals surface area (Å²) in [5.41, 5.74) is -0.225. The second kappa shape index (κ2) is 3.02. The van der Waals surface area contributed by atoms with Gasteiger partial charge in [0.2, 0.25) is 5.24 Å². The Balaban J connectivity index is 2.91. The Kier molecular flexibility index (Phi) is 2.53. The molecular formula is C10H17ClO. The summed E-state index contributed by atoms with van der Waals surface area (Å²) in [7, 11) is 0. The molecule has 0 bridgehead atoms. The van der Waals surface area contributed by atoms with Crippen LogP contribution in [0.3, 0.4) is 0 Å². The molecule has 0 aliphatic heterocycles. The van der Waals surface area contributed by atoms with Gasteiger partial charge in [-0.25, -0.2) is 0 Å². The molecule has 1 unspecified atom stereocenters. The van der Waals surface area contributed by atoms with E-state index < -0.39 is 0 Å². The second-order valence-corrected chi connectivity index (χ2v) is 5.04. The number of halogens is 1. The minimum Gasteiger partial charge on any atom is -0.281 e. The van der Waals surface area contributed by atoms with Gasteiger partial charge in [0.15, 0.2) is 0 Å². The molecule has 1 fully saturated rings. The molecule has 0 amide bonds. The van der Waals surface area contributed by atoms with Crippen molar-refractivity contribution in [2.24, 2.45) is 10.8 Å². The van der Waals surface area contributed by atoms with E-state index in [0.29, 0.717) is 0 Å². The fraction of sp³-hybridized carbons (Fsp3) is 0.900. The maximum absolute atomic E-state index is 11.3. The van der Waals surface area contributed by atoms with Gasteiger partial charge in [-0.3, -0.25) is 4.79 Å². The summed E-state index contributed by atoms with van der Waals surface area (Å²) >= 11 is 5.64. The third-order valence-electron chi connectivity index (χ3n) is 3.66. The first-order chi connectivity index (χ1) is 5.40. The summed E-state index contributed by atoms with van der Waals surface area (Å²) in [5, 5.41) is -0.160. The van der Waals surface area contributed by atoms with Crippen LogP contribution in [0.4, 0.5) is 0 Å². The molecule has 1 atom stereocenters. The molecule has 1 aliphatic carbocycles. The molecule has 0 radical (unpaired) electrons. The van der Waals surface area contributed by atoms with Gasteiger partial charge in [0, 0.05) is 5.41 Å². The van der Waals surface area contributed by atoms with Crippen molar-refractivity contribution in [3.8, 4) is 0 Å². The zero-order chi connectivity index (χ0) is 9.41. The summed E-state index contributed by atoms with van der Waals surface area (Å²) in [5.74, 6) is 0. The zero-order valence-corrected chi connectivity index (χ0v) is 8.87. The van der Waals surface area contributed by atoms with Crippen molar-refractivity contribution in [1.82, 2.24) is 0 Å². The van der Waals surface area contributed by atoms with Crippen molar-refractivity contribution in [3.63, 3.8) is 0 Å². The van der Waals surface area contributed by atoms with Crippen LogP contribution in [0.5, 0.6) is 0 Å². The molecule has 0 aromatic rings. The third kappa shape index (κ3) is 1.39. The first-order valence-corrected chi connectivity index (χ1v) is 4.98. The molecule has 0 saturated heterocycles. The molecule has 12 heavy (non-hydrogen) atoms. The van der Waals surface area contributed by atoms with E-state index >= 15 is 0 Å². The highest BCUT2D eigenvalue weighted by Gasteiger charge is 2.47. The van der Waals surface area contributed by atoms with Gasteiger partial charge in [-0.05, 0) is 29.9 Å². The summed E-state index contributed by atoms with van der Waals surface area (Å²) < 4.78 is 0. The number of carbonyl (C=O) groups excluding carboxylic acids is 1. The van der Waals surface area contributed by atoms with Crippen LogP contribution >= 0.6 is 11.6 Å². The van der Waals surface area contributed by atoms with Gasteiger partial charge in [-0.1, -0.05) is 33.6 Å². The predicted molar refractivity (Wildman–Crippen MR) is 51.2 cm³/mol. The van der Waals surface area contributed by atoms with Gasteiger partial charge in [-0.2, -0.15) is 0 Å². The summed E-state index contributed by atoms with van der Waals surface area (Å²) in [6, 6.07) is 0. The lowest BCUT2D eigenvalue weighted by Gasteiger charge is -2.45. The van der Waals surface area contributed by atoms with Gasteiger partial charge < -0.3 is 0 Å². The normalized spacial score (nSPS) is 34.7. The highest BCUT2D eigenvalue weighted by molar-refractivity contribution is 6.64. The van der Waals surface area contributed by atoms with Gasteiger partial charge >= 0.3 is 0 Å². The van der Waals surface area contributed by atoms with E-state index in [1.165, 1.54) is 6.42 Å². The highest BCUT2D eigenvalue weighted by atomic mass is 35.5. The van der Waals surface area contributed by atoms with E-state index in [1.807, 2.05) is 6.92 Å². The van der Waals surface area contributed by atoms with Gasteiger partial charge in [-0.15, -0.1) is 0 Å². The zero-order valence-electron chi connectivity index (χ0n) is 8.11. The largest absolute Gasteiger partial charge is 0.281 e. The minimum atomic E-state index is -0.299. The first-order valence-electron chi connectivity index (χ1n) is 4.60. The van der Waals surface area contributed by atoms with Crippen molar-refractivity contribution in [2.45, 2.75) is 46.5 Å². The number of hydrogen-bond acceptors (Lipinski definition) is 1. The van der Waals surface area contributed by atoms with Gasteiger partial charge in [0.05, 0.1) is 0 Å². The summed E-state index contributed by atoms with van der Waals surface area (Å²) in [6.45, 7) is 6.29. The fourth-order valence-electron chi connectivity index (χ4n) is 2.02. The molecule has 70 valence electrons. The van der Waals surface area contributed by atoms with Crippen LogP contribution in [0.2, 0.25) is 0 Å². The Hall–Kier alpha value is -0.0400. The maximum Gasteiger partial charge on any atom is 0.228 e. The van der Waals surface area contributed by atoms with Crippen molar-refractivity contribution < 1.29 is 4.79 Å². The first kappa shape index (κ1) is 10.0. The monoisotopic (exact) mass is 188 g/mol. The topological polar surface area (TPSA) is 17.1 Å². The number of rotatable bonds is 1. The van der Waals surface area contributed by atoms with Gasteiger partial charge in [0.25, 0.3) is 0 Å². The smallest absolute Gasteiger partial charge is 0.228 e. The van der Waals surface area contributed by atoms with E-state index in [2.05, 4.69) is 13.8 Å². The van der Waals surface area contributed by atoms with Crippen LogP contribution in [0.1, 0.15) is 46.5 Å². The van der Waals surface area contributed by atoms with E-state index in [9.17, 15) is 4.79 Å². The molecule has 1 nitrogen and oxygen atoms in total. The van der Waals surface area contributed by atoms with Crippen LogP contribution < -0.4 is 0 Å². The molecule has 1 rings (SSSR count). The Morgan fingerprint density at radius 3 is 2.00 bits per heavy atom. The van der Waals surface area contributed by atoms with Crippen molar-refractivity contribution >= 4 is 16.8 Å². The van der Waals surface area contributed by atoms with Crippen molar-refractivity contribution in [3.05, 3.63) is 0 Å². The third-order valence-corrected chi connectivity index (χ3v) is 4.07. The minimum absolute atomic E-state index is 0.0735. The Labute approximate surface area is 79.5 Å². The lowest BCUT2D eigenvalue weighted by atomic mass is 9.59. The molecule has 0 N–H and O–H groups in total. The maximum atomic E-state index is 11.3. The molecule has 1 saturated carbocycles. The lowest BCUT2D eigenvalue weighted by molar-refractivity contribution is -0.128. The van der Waals surface area contributed by atoms with E-state index in [1.54, 1.807) is 0 Å². The average molecular weight is 189 g/mol. The van der Waals surface area contributed by atoms with Crippen LogP contribution in [-0.2, 0) is 4.79 Å². The average Bonchev–Trinajstić information content (AvgIpc) is 1.95. The van der Waals surface area contributed by atoms with Gasteiger partial charge in [0.1, 0.15) is 0 Å². The van der Waals surface area contributed by atoms with E-state index in [-0.39, 0.29) is 16.1 Å². The van der Waals surface area contributed by atoms with E-state index in [0.717, 1.165) is 19.3 Å². The molecule has 1 aliphatic rings. The standard InChI is InChI=1S/C10H17ClO/c1-9(2)6-4-5-7-10(9,3)8(11)12/h4-7H2,1-3H3. The van der Waals surface area contributed by atoms with Crippen molar-refractivity contribution in [2.75, 3.05) is 0 Å². The molecule has 0 aromatic carbocycles. The second-order valence-electron chi connectivity index (χ2n) is 4.70.